The van der Waals surface area contributed by atoms with E-state index in [1.54, 1.807) is 13.8 Å². The van der Waals surface area contributed by atoms with E-state index >= 15 is 0 Å². The highest BCUT2D eigenvalue weighted by atomic mass is 16.3. The first-order chi connectivity index (χ1) is 5.88. The number of nitrogens with zero attached hydrogens (tertiary/aromatic N) is 1. The average molecular weight is 187 g/mol. The fourth-order valence-electron chi connectivity index (χ4n) is 1.88. The largest absolute Gasteiger partial charge is 0.392 e. The van der Waals surface area contributed by atoms with Gasteiger partial charge in [-0.15, -0.1) is 0 Å². The van der Waals surface area contributed by atoms with Crippen LogP contribution < -0.4 is 0 Å². The van der Waals surface area contributed by atoms with Gasteiger partial charge in [0, 0.05) is 19.1 Å². The summed E-state index contributed by atoms with van der Waals surface area (Å²) in [7, 11) is 0. The van der Waals surface area contributed by atoms with Gasteiger partial charge in [-0.05, 0) is 33.6 Å². The molecule has 13 heavy (non-hydrogen) atoms. The van der Waals surface area contributed by atoms with E-state index in [4.69, 9.17) is 0 Å². The summed E-state index contributed by atoms with van der Waals surface area (Å²) in [5, 5.41) is 19.1. The Hall–Kier alpha value is -0.120. The molecule has 0 radical (unpaired) electrons. The van der Waals surface area contributed by atoms with Crippen LogP contribution in [0.4, 0.5) is 0 Å². The van der Waals surface area contributed by atoms with Gasteiger partial charge in [-0.3, -0.25) is 4.90 Å². The molecule has 1 fully saturated rings. The van der Waals surface area contributed by atoms with Gasteiger partial charge in [-0.2, -0.15) is 0 Å². The SMILES string of the molecule is C[C@@H]1CC[C@@H](O)CN1CC(C)(C)O. The number of rotatable bonds is 2. The highest BCUT2D eigenvalue weighted by Crippen LogP contribution is 2.19. The lowest BCUT2D eigenvalue weighted by Crippen LogP contribution is -2.49. The third-order valence-corrected chi connectivity index (χ3v) is 2.58. The molecule has 0 aromatic heterocycles. The summed E-state index contributed by atoms with van der Waals surface area (Å²) in [5.41, 5.74) is -0.661. The normalized spacial score (nSPS) is 32.1. The molecule has 1 aliphatic heterocycles. The summed E-state index contributed by atoms with van der Waals surface area (Å²) in [6.07, 6.45) is 1.71. The van der Waals surface area contributed by atoms with Crippen molar-refractivity contribution in [3.63, 3.8) is 0 Å². The highest BCUT2D eigenvalue weighted by Gasteiger charge is 2.27. The number of hydrogen-bond donors (Lipinski definition) is 2. The van der Waals surface area contributed by atoms with E-state index in [-0.39, 0.29) is 6.10 Å². The molecule has 0 saturated carbocycles. The van der Waals surface area contributed by atoms with Crippen molar-refractivity contribution in [3.05, 3.63) is 0 Å². The van der Waals surface area contributed by atoms with Crippen LogP contribution >= 0.6 is 0 Å². The predicted molar refractivity (Wildman–Crippen MR) is 52.6 cm³/mol. The molecule has 0 bridgehead atoms. The third-order valence-electron chi connectivity index (χ3n) is 2.58. The van der Waals surface area contributed by atoms with E-state index in [0.717, 1.165) is 12.8 Å². The van der Waals surface area contributed by atoms with E-state index in [9.17, 15) is 10.2 Å². The maximum Gasteiger partial charge on any atom is 0.0718 e. The van der Waals surface area contributed by atoms with Crippen LogP contribution in [0.5, 0.6) is 0 Å². The summed E-state index contributed by atoms with van der Waals surface area (Å²) in [5.74, 6) is 0. The molecule has 2 N–H and O–H groups in total. The number of likely N-dealkylation sites (tertiary alicyclic amines) is 1. The third kappa shape index (κ3) is 3.63. The lowest BCUT2D eigenvalue weighted by Gasteiger charge is -2.39. The second kappa shape index (κ2) is 3.95. The van der Waals surface area contributed by atoms with Crippen LogP contribution in [0.25, 0.3) is 0 Å². The fraction of sp³-hybridized carbons (Fsp3) is 1.00. The van der Waals surface area contributed by atoms with Crippen molar-refractivity contribution in [2.45, 2.75) is 51.4 Å². The lowest BCUT2D eigenvalue weighted by molar-refractivity contribution is -0.0190. The van der Waals surface area contributed by atoms with Crippen LogP contribution in [-0.4, -0.2) is 45.9 Å². The zero-order valence-corrected chi connectivity index (χ0v) is 8.82. The lowest BCUT2D eigenvalue weighted by atomic mass is 9.99. The van der Waals surface area contributed by atoms with E-state index in [1.165, 1.54) is 0 Å². The first kappa shape index (κ1) is 11.0. The van der Waals surface area contributed by atoms with Gasteiger partial charge in [0.2, 0.25) is 0 Å². The smallest absolute Gasteiger partial charge is 0.0718 e. The number of aliphatic hydroxyl groups is 2. The molecule has 1 rings (SSSR count). The maximum atomic E-state index is 9.65. The van der Waals surface area contributed by atoms with Crippen LogP contribution in [0, 0.1) is 0 Å². The van der Waals surface area contributed by atoms with Crippen LogP contribution in [0.1, 0.15) is 33.6 Å². The van der Waals surface area contributed by atoms with Gasteiger partial charge in [-0.25, -0.2) is 0 Å². The van der Waals surface area contributed by atoms with Crippen molar-refractivity contribution in [1.29, 1.82) is 0 Å². The quantitative estimate of drug-likeness (QED) is 0.665. The Bertz CT molecular complexity index is 165. The first-order valence-corrected chi connectivity index (χ1v) is 5.03. The Labute approximate surface area is 80.4 Å². The second-order valence-electron chi connectivity index (χ2n) is 4.82. The minimum absolute atomic E-state index is 0.210. The van der Waals surface area contributed by atoms with Crippen LogP contribution in [-0.2, 0) is 0 Å². The van der Waals surface area contributed by atoms with Crippen LogP contribution in [0.2, 0.25) is 0 Å². The fourth-order valence-corrected chi connectivity index (χ4v) is 1.88. The van der Waals surface area contributed by atoms with E-state index < -0.39 is 5.60 Å². The zero-order chi connectivity index (χ0) is 10.1. The first-order valence-electron chi connectivity index (χ1n) is 5.03. The molecule has 3 nitrogen and oxygen atoms in total. The Morgan fingerprint density at radius 2 is 2.00 bits per heavy atom. The molecular formula is C10H21NO2. The van der Waals surface area contributed by atoms with Crippen molar-refractivity contribution in [2.75, 3.05) is 13.1 Å². The number of β-amino-alcohol motifs (C(OH)–C–C–N with tert-alkyl or cyclic N) is 2. The Morgan fingerprint density at radius 1 is 1.38 bits per heavy atom. The minimum Gasteiger partial charge on any atom is -0.392 e. The maximum absolute atomic E-state index is 9.65. The van der Waals surface area contributed by atoms with Gasteiger partial charge in [0.1, 0.15) is 0 Å². The van der Waals surface area contributed by atoms with E-state index in [1.807, 2.05) is 0 Å². The Morgan fingerprint density at radius 3 is 2.54 bits per heavy atom. The van der Waals surface area contributed by atoms with Gasteiger partial charge in [0.15, 0.2) is 0 Å². The minimum atomic E-state index is -0.661. The molecular weight excluding hydrogens is 166 g/mol. The molecule has 78 valence electrons. The van der Waals surface area contributed by atoms with Crippen molar-refractivity contribution < 1.29 is 10.2 Å². The average Bonchev–Trinajstić information content (AvgIpc) is 1.94. The van der Waals surface area contributed by atoms with Crippen LogP contribution in [0.3, 0.4) is 0 Å². The topological polar surface area (TPSA) is 43.7 Å². The number of hydrogen-bond acceptors (Lipinski definition) is 3. The standard InChI is InChI=1S/C10H21NO2/c1-8-4-5-9(12)6-11(8)7-10(2,3)13/h8-9,12-13H,4-7H2,1-3H3/t8-,9-/m1/s1. The molecule has 0 amide bonds. The molecule has 0 aromatic rings. The summed E-state index contributed by atoms with van der Waals surface area (Å²) >= 11 is 0. The van der Waals surface area contributed by atoms with E-state index in [0.29, 0.717) is 19.1 Å². The molecule has 0 aromatic carbocycles. The molecule has 3 heteroatoms. The molecule has 1 saturated heterocycles. The number of piperidine rings is 1. The summed E-state index contributed by atoms with van der Waals surface area (Å²) in [4.78, 5) is 2.16. The molecule has 0 spiro atoms. The van der Waals surface area contributed by atoms with Crippen molar-refractivity contribution >= 4 is 0 Å². The number of aliphatic hydroxyl groups excluding tert-OH is 1. The Balaban J connectivity index is 2.47. The molecule has 2 atom stereocenters. The summed E-state index contributed by atoms with van der Waals surface area (Å²) in [6, 6.07) is 0.481. The molecule has 0 unspecified atom stereocenters. The molecule has 0 aliphatic carbocycles. The molecule has 1 heterocycles. The van der Waals surface area contributed by atoms with Crippen molar-refractivity contribution in [3.8, 4) is 0 Å². The monoisotopic (exact) mass is 187 g/mol. The van der Waals surface area contributed by atoms with Crippen molar-refractivity contribution in [2.24, 2.45) is 0 Å². The van der Waals surface area contributed by atoms with Gasteiger partial charge >= 0.3 is 0 Å². The summed E-state index contributed by atoms with van der Waals surface area (Å²) < 4.78 is 0. The van der Waals surface area contributed by atoms with Crippen LogP contribution in [0.15, 0.2) is 0 Å². The van der Waals surface area contributed by atoms with Gasteiger partial charge < -0.3 is 10.2 Å². The second-order valence-corrected chi connectivity index (χ2v) is 4.82. The van der Waals surface area contributed by atoms with Crippen molar-refractivity contribution in [1.82, 2.24) is 4.90 Å². The Kier molecular flexibility index (Phi) is 3.33. The van der Waals surface area contributed by atoms with E-state index in [2.05, 4.69) is 11.8 Å². The zero-order valence-electron chi connectivity index (χ0n) is 8.82. The molecule has 1 aliphatic rings. The van der Waals surface area contributed by atoms with Gasteiger partial charge in [0.25, 0.3) is 0 Å². The summed E-state index contributed by atoms with van der Waals surface area (Å²) in [6.45, 7) is 7.11. The van der Waals surface area contributed by atoms with Gasteiger partial charge in [0.05, 0.1) is 11.7 Å². The van der Waals surface area contributed by atoms with Gasteiger partial charge in [-0.1, -0.05) is 0 Å². The highest BCUT2D eigenvalue weighted by molar-refractivity contribution is 4.82. The predicted octanol–water partition coefficient (Wildman–Crippen LogP) is 0.602.